The molecular formula is C17H32S. The Morgan fingerprint density at radius 3 is 2.44 bits per heavy atom. The molecule has 0 spiro atoms. The summed E-state index contributed by atoms with van der Waals surface area (Å²) < 4.78 is 0. The molecule has 0 aliphatic heterocycles. The molecule has 0 amide bonds. The number of hydrogen-bond donors (Lipinski definition) is 0. The Balaban J connectivity index is 1.98. The monoisotopic (exact) mass is 268 g/mol. The van der Waals surface area contributed by atoms with Crippen molar-refractivity contribution in [2.45, 2.75) is 77.9 Å². The summed E-state index contributed by atoms with van der Waals surface area (Å²) in [6.07, 6.45) is 10.2. The third-order valence-electron chi connectivity index (χ3n) is 5.85. The van der Waals surface area contributed by atoms with E-state index in [4.69, 9.17) is 0 Å². The topological polar surface area (TPSA) is 0 Å². The number of hydrogen-bond acceptors (Lipinski definition) is 1. The van der Waals surface area contributed by atoms with Gasteiger partial charge in [0, 0.05) is 5.25 Å². The molecule has 0 bridgehead atoms. The van der Waals surface area contributed by atoms with E-state index in [2.05, 4.69) is 39.5 Å². The van der Waals surface area contributed by atoms with Crippen molar-refractivity contribution in [1.82, 2.24) is 0 Å². The maximum absolute atomic E-state index is 2.59. The van der Waals surface area contributed by atoms with Gasteiger partial charge in [0.1, 0.15) is 0 Å². The second-order valence-electron chi connectivity index (χ2n) is 7.27. The van der Waals surface area contributed by atoms with Gasteiger partial charge in [-0.1, -0.05) is 40.5 Å². The van der Waals surface area contributed by atoms with Gasteiger partial charge in [-0.25, -0.2) is 0 Å². The van der Waals surface area contributed by atoms with Gasteiger partial charge in [-0.2, -0.15) is 11.8 Å². The third kappa shape index (κ3) is 2.92. The predicted molar refractivity (Wildman–Crippen MR) is 84.2 cm³/mol. The van der Waals surface area contributed by atoms with Gasteiger partial charge in [0.2, 0.25) is 0 Å². The summed E-state index contributed by atoms with van der Waals surface area (Å²) in [5.74, 6) is 4.37. The van der Waals surface area contributed by atoms with Crippen LogP contribution in [0, 0.1) is 23.2 Å². The fourth-order valence-corrected chi connectivity index (χ4v) is 6.02. The highest BCUT2D eigenvalue weighted by Crippen LogP contribution is 2.57. The molecule has 0 radical (unpaired) electrons. The lowest BCUT2D eigenvalue weighted by Gasteiger charge is -2.52. The first-order chi connectivity index (χ1) is 8.58. The highest BCUT2D eigenvalue weighted by molar-refractivity contribution is 7.99. The van der Waals surface area contributed by atoms with Gasteiger partial charge in [-0.3, -0.25) is 0 Å². The van der Waals surface area contributed by atoms with Gasteiger partial charge < -0.3 is 0 Å². The van der Waals surface area contributed by atoms with Crippen LogP contribution in [0.1, 0.15) is 72.6 Å². The normalized spacial score (nSPS) is 41.7. The van der Waals surface area contributed by atoms with Crippen LogP contribution in [0.25, 0.3) is 0 Å². The summed E-state index contributed by atoms with van der Waals surface area (Å²) in [7, 11) is 0. The molecule has 0 saturated heterocycles. The van der Waals surface area contributed by atoms with Crippen LogP contribution in [0.3, 0.4) is 0 Å². The van der Waals surface area contributed by atoms with E-state index >= 15 is 0 Å². The standard InChI is InChI=1S/C17H32S/c1-5-6-11-18-16(15-8-7-13(2)12-15)17(4)10-9-14(17)3/h13-16H,5-12H2,1-4H3. The number of unbranched alkanes of at least 4 members (excludes halogenated alkanes) is 1. The Morgan fingerprint density at radius 2 is 2.00 bits per heavy atom. The minimum absolute atomic E-state index is 0.660. The Bertz CT molecular complexity index is 262. The molecule has 2 saturated carbocycles. The van der Waals surface area contributed by atoms with Crippen LogP contribution in [0.15, 0.2) is 0 Å². The summed E-state index contributed by atoms with van der Waals surface area (Å²) in [6, 6.07) is 0. The average molecular weight is 269 g/mol. The van der Waals surface area contributed by atoms with E-state index in [1.54, 1.807) is 0 Å². The van der Waals surface area contributed by atoms with E-state index in [-0.39, 0.29) is 0 Å². The fourth-order valence-electron chi connectivity index (χ4n) is 4.06. The lowest BCUT2D eigenvalue weighted by Crippen LogP contribution is -2.47. The summed E-state index contributed by atoms with van der Waals surface area (Å²) >= 11 is 2.33. The Labute approximate surface area is 119 Å². The lowest BCUT2D eigenvalue weighted by atomic mass is 9.58. The molecule has 106 valence electrons. The van der Waals surface area contributed by atoms with Crippen molar-refractivity contribution in [2.24, 2.45) is 23.2 Å². The number of rotatable bonds is 6. The Hall–Kier alpha value is 0.350. The first-order valence-corrected chi connectivity index (χ1v) is 9.24. The molecule has 2 aliphatic rings. The van der Waals surface area contributed by atoms with Crippen LogP contribution in [-0.2, 0) is 0 Å². The van der Waals surface area contributed by atoms with Crippen LogP contribution in [0.4, 0.5) is 0 Å². The highest BCUT2D eigenvalue weighted by Gasteiger charge is 2.49. The molecule has 5 atom stereocenters. The summed E-state index contributed by atoms with van der Waals surface area (Å²) in [6.45, 7) is 9.87. The van der Waals surface area contributed by atoms with Gasteiger partial charge >= 0.3 is 0 Å². The van der Waals surface area contributed by atoms with E-state index < -0.39 is 0 Å². The van der Waals surface area contributed by atoms with Crippen molar-refractivity contribution in [3.8, 4) is 0 Å². The first-order valence-electron chi connectivity index (χ1n) is 8.19. The molecule has 0 aromatic rings. The second-order valence-corrected chi connectivity index (χ2v) is 8.52. The zero-order valence-electron chi connectivity index (χ0n) is 12.9. The Kier molecular flexibility index (Phi) is 5.08. The molecule has 1 heteroatoms. The molecule has 0 aromatic heterocycles. The quantitative estimate of drug-likeness (QED) is 0.552. The third-order valence-corrected chi connectivity index (χ3v) is 7.66. The highest BCUT2D eigenvalue weighted by atomic mass is 32.2. The maximum Gasteiger partial charge on any atom is 0.0132 e. The minimum atomic E-state index is 0.660. The summed E-state index contributed by atoms with van der Waals surface area (Å²) in [4.78, 5) is 0. The molecule has 2 rings (SSSR count). The van der Waals surface area contributed by atoms with E-state index in [0.717, 1.165) is 23.0 Å². The van der Waals surface area contributed by atoms with Gasteiger partial charge in [-0.05, 0) is 61.0 Å². The molecule has 0 heterocycles. The average Bonchev–Trinajstić information content (AvgIpc) is 2.78. The van der Waals surface area contributed by atoms with Gasteiger partial charge in [0.15, 0.2) is 0 Å². The van der Waals surface area contributed by atoms with Crippen molar-refractivity contribution in [1.29, 1.82) is 0 Å². The molecule has 18 heavy (non-hydrogen) atoms. The zero-order chi connectivity index (χ0) is 13.2. The van der Waals surface area contributed by atoms with Gasteiger partial charge in [0.05, 0.1) is 0 Å². The van der Waals surface area contributed by atoms with Crippen molar-refractivity contribution < 1.29 is 0 Å². The smallest absolute Gasteiger partial charge is 0.0132 e. The maximum atomic E-state index is 2.59. The zero-order valence-corrected chi connectivity index (χ0v) is 13.7. The summed E-state index contributed by atoms with van der Waals surface area (Å²) in [5.41, 5.74) is 0.660. The molecule has 0 aromatic carbocycles. The largest absolute Gasteiger partial charge is 0.158 e. The van der Waals surface area contributed by atoms with E-state index in [1.807, 2.05) is 0 Å². The molecule has 0 nitrogen and oxygen atoms in total. The van der Waals surface area contributed by atoms with Crippen LogP contribution in [0.2, 0.25) is 0 Å². The van der Waals surface area contributed by atoms with Crippen molar-refractivity contribution in [2.75, 3.05) is 5.75 Å². The molecule has 2 aliphatic carbocycles. The fraction of sp³-hybridized carbons (Fsp3) is 1.00. The van der Waals surface area contributed by atoms with Gasteiger partial charge in [0.25, 0.3) is 0 Å². The van der Waals surface area contributed by atoms with E-state index in [9.17, 15) is 0 Å². The Morgan fingerprint density at radius 1 is 1.22 bits per heavy atom. The van der Waals surface area contributed by atoms with Gasteiger partial charge in [-0.15, -0.1) is 0 Å². The van der Waals surface area contributed by atoms with Crippen LogP contribution in [0.5, 0.6) is 0 Å². The van der Waals surface area contributed by atoms with Crippen LogP contribution in [-0.4, -0.2) is 11.0 Å². The van der Waals surface area contributed by atoms with E-state index in [0.29, 0.717) is 5.41 Å². The predicted octanol–water partition coefficient (Wildman–Crippen LogP) is 5.76. The van der Waals surface area contributed by atoms with E-state index in [1.165, 1.54) is 50.7 Å². The van der Waals surface area contributed by atoms with Crippen molar-refractivity contribution >= 4 is 11.8 Å². The molecular weight excluding hydrogens is 236 g/mol. The summed E-state index contributed by atoms with van der Waals surface area (Å²) in [5, 5.41) is 0.956. The van der Waals surface area contributed by atoms with Crippen molar-refractivity contribution in [3.05, 3.63) is 0 Å². The lowest BCUT2D eigenvalue weighted by molar-refractivity contribution is 0.0445. The SMILES string of the molecule is CCCCSC(C1CCC(C)C1)C1(C)CCC1C. The minimum Gasteiger partial charge on any atom is -0.158 e. The second kappa shape index (κ2) is 6.20. The molecule has 0 N–H and O–H groups in total. The number of thioether (sulfide) groups is 1. The van der Waals surface area contributed by atoms with Crippen molar-refractivity contribution in [3.63, 3.8) is 0 Å². The van der Waals surface area contributed by atoms with Crippen LogP contribution < -0.4 is 0 Å². The first kappa shape index (κ1) is 14.8. The van der Waals surface area contributed by atoms with Crippen LogP contribution >= 0.6 is 11.8 Å². The molecule has 5 unspecified atom stereocenters. The molecule has 2 fully saturated rings.